The highest BCUT2D eigenvalue weighted by molar-refractivity contribution is 5.73. The van der Waals surface area contributed by atoms with Crippen molar-refractivity contribution in [2.75, 3.05) is 18.5 Å². The summed E-state index contributed by atoms with van der Waals surface area (Å²) < 4.78 is 5.73. The number of anilines is 1. The number of hydrogen-bond donors (Lipinski definition) is 1. The normalized spacial score (nSPS) is 10.4. The first-order valence-corrected chi connectivity index (χ1v) is 7.61. The Morgan fingerprint density at radius 2 is 1.90 bits per heavy atom. The molecule has 0 radical (unpaired) electrons. The molecular weight excluding hydrogens is 262 g/mol. The second kappa shape index (κ2) is 7.62. The zero-order chi connectivity index (χ0) is 15.1. The van der Waals surface area contributed by atoms with Crippen LogP contribution in [0.15, 0.2) is 30.6 Å². The molecule has 4 nitrogen and oxygen atoms in total. The SMILES string of the molecule is CCCNc1ncnc(-c2ccccc2OCC)c1CC. The summed E-state index contributed by atoms with van der Waals surface area (Å²) in [6, 6.07) is 8.03. The van der Waals surface area contributed by atoms with Crippen LogP contribution in [-0.4, -0.2) is 23.1 Å². The molecule has 0 saturated carbocycles. The lowest BCUT2D eigenvalue weighted by molar-refractivity contribution is 0.341. The zero-order valence-electron chi connectivity index (χ0n) is 13.0. The van der Waals surface area contributed by atoms with Crippen LogP contribution in [0.25, 0.3) is 11.3 Å². The Bertz CT molecular complexity index is 584. The molecule has 0 atom stereocenters. The summed E-state index contributed by atoms with van der Waals surface area (Å²) in [6.45, 7) is 7.82. The fourth-order valence-electron chi connectivity index (χ4n) is 2.32. The van der Waals surface area contributed by atoms with Crippen LogP contribution in [0, 0.1) is 0 Å². The van der Waals surface area contributed by atoms with Gasteiger partial charge in [-0.05, 0) is 31.9 Å². The van der Waals surface area contributed by atoms with E-state index in [0.717, 1.165) is 47.8 Å². The van der Waals surface area contributed by atoms with E-state index in [-0.39, 0.29) is 0 Å². The molecule has 1 N–H and O–H groups in total. The molecule has 2 aromatic rings. The van der Waals surface area contributed by atoms with Crippen LogP contribution < -0.4 is 10.1 Å². The van der Waals surface area contributed by atoms with E-state index < -0.39 is 0 Å². The molecule has 0 spiro atoms. The number of hydrogen-bond acceptors (Lipinski definition) is 4. The van der Waals surface area contributed by atoms with Crippen molar-refractivity contribution in [3.05, 3.63) is 36.2 Å². The van der Waals surface area contributed by atoms with Gasteiger partial charge in [-0.3, -0.25) is 0 Å². The van der Waals surface area contributed by atoms with Crippen LogP contribution in [-0.2, 0) is 6.42 Å². The van der Waals surface area contributed by atoms with E-state index in [1.807, 2.05) is 25.1 Å². The van der Waals surface area contributed by atoms with Gasteiger partial charge in [0.05, 0.1) is 12.3 Å². The summed E-state index contributed by atoms with van der Waals surface area (Å²) in [4.78, 5) is 8.89. The van der Waals surface area contributed by atoms with Gasteiger partial charge < -0.3 is 10.1 Å². The van der Waals surface area contributed by atoms with Crippen LogP contribution in [0.2, 0.25) is 0 Å². The van der Waals surface area contributed by atoms with E-state index >= 15 is 0 Å². The molecule has 0 saturated heterocycles. The van der Waals surface area contributed by atoms with Crippen molar-refractivity contribution in [1.29, 1.82) is 0 Å². The first-order valence-electron chi connectivity index (χ1n) is 7.61. The molecule has 1 aromatic heterocycles. The Labute approximate surface area is 126 Å². The molecule has 112 valence electrons. The minimum Gasteiger partial charge on any atom is -0.493 e. The van der Waals surface area contributed by atoms with Gasteiger partial charge >= 0.3 is 0 Å². The Morgan fingerprint density at radius 1 is 1.10 bits per heavy atom. The number of nitrogens with one attached hydrogen (secondary N) is 1. The van der Waals surface area contributed by atoms with Gasteiger partial charge in [0.2, 0.25) is 0 Å². The van der Waals surface area contributed by atoms with Gasteiger partial charge in [0.15, 0.2) is 0 Å². The lowest BCUT2D eigenvalue weighted by Gasteiger charge is -2.15. The standard InChI is InChI=1S/C17H23N3O/c1-4-11-18-17-13(5-2)16(19-12-20-17)14-9-7-8-10-15(14)21-6-3/h7-10,12H,4-6,11H2,1-3H3,(H,18,19,20). The van der Waals surface area contributed by atoms with Gasteiger partial charge in [-0.2, -0.15) is 0 Å². The maximum atomic E-state index is 5.73. The molecule has 0 bridgehead atoms. The largest absolute Gasteiger partial charge is 0.493 e. The Hall–Kier alpha value is -2.10. The molecule has 0 aliphatic rings. The third kappa shape index (κ3) is 3.51. The van der Waals surface area contributed by atoms with Crippen molar-refractivity contribution in [3.63, 3.8) is 0 Å². The molecule has 21 heavy (non-hydrogen) atoms. The van der Waals surface area contributed by atoms with Crippen LogP contribution in [0.5, 0.6) is 5.75 Å². The maximum Gasteiger partial charge on any atom is 0.133 e. The molecule has 1 heterocycles. The van der Waals surface area contributed by atoms with Crippen LogP contribution in [0.1, 0.15) is 32.8 Å². The van der Waals surface area contributed by atoms with Gasteiger partial charge in [0.25, 0.3) is 0 Å². The van der Waals surface area contributed by atoms with Crippen molar-refractivity contribution >= 4 is 5.82 Å². The number of benzene rings is 1. The number of rotatable bonds is 7. The van der Waals surface area contributed by atoms with Gasteiger partial charge in [0, 0.05) is 17.7 Å². The van der Waals surface area contributed by atoms with Crippen molar-refractivity contribution in [2.24, 2.45) is 0 Å². The molecule has 0 aliphatic heterocycles. The highest BCUT2D eigenvalue weighted by Gasteiger charge is 2.14. The first kappa shape index (κ1) is 15.3. The summed E-state index contributed by atoms with van der Waals surface area (Å²) in [5.41, 5.74) is 3.12. The average Bonchev–Trinajstić information content (AvgIpc) is 2.53. The number of nitrogens with zero attached hydrogens (tertiary/aromatic N) is 2. The predicted molar refractivity (Wildman–Crippen MR) is 86.8 cm³/mol. The minimum absolute atomic E-state index is 0.643. The van der Waals surface area contributed by atoms with Gasteiger partial charge in [0.1, 0.15) is 17.9 Å². The van der Waals surface area contributed by atoms with E-state index in [0.29, 0.717) is 6.61 Å². The lowest BCUT2D eigenvalue weighted by Crippen LogP contribution is -2.07. The van der Waals surface area contributed by atoms with E-state index in [2.05, 4.69) is 35.2 Å². The highest BCUT2D eigenvalue weighted by atomic mass is 16.5. The van der Waals surface area contributed by atoms with E-state index in [1.54, 1.807) is 6.33 Å². The van der Waals surface area contributed by atoms with E-state index in [9.17, 15) is 0 Å². The third-order valence-electron chi connectivity index (χ3n) is 3.28. The average molecular weight is 285 g/mol. The van der Waals surface area contributed by atoms with Crippen molar-refractivity contribution in [1.82, 2.24) is 9.97 Å². The summed E-state index contributed by atoms with van der Waals surface area (Å²) in [7, 11) is 0. The van der Waals surface area contributed by atoms with E-state index in [4.69, 9.17) is 4.74 Å². The molecule has 0 amide bonds. The second-order valence-corrected chi connectivity index (χ2v) is 4.76. The second-order valence-electron chi connectivity index (χ2n) is 4.76. The van der Waals surface area contributed by atoms with Gasteiger partial charge in [-0.25, -0.2) is 9.97 Å². The number of aromatic nitrogens is 2. The first-order chi connectivity index (χ1) is 10.3. The maximum absolute atomic E-state index is 5.73. The quantitative estimate of drug-likeness (QED) is 0.837. The molecule has 0 aliphatic carbocycles. The Morgan fingerprint density at radius 3 is 2.62 bits per heavy atom. The van der Waals surface area contributed by atoms with Crippen molar-refractivity contribution < 1.29 is 4.74 Å². The van der Waals surface area contributed by atoms with Crippen LogP contribution in [0.4, 0.5) is 5.82 Å². The third-order valence-corrected chi connectivity index (χ3v) is 3.28. The minimum atomic E-state index is 0.643. The molecule has 4 heteroatoms. The van der Waals surface area contributed by atoms with Crippen molar-refractivity contribution in [2.45, 2.75) is 33.6 Å². The number of ether oxygens (including phenoxy) is 1. The Kier molecular flexibility index (Phi) is 5.55. The molecule has 0 fully saturated rings. The highest BCUT2D eigenvalue weighted by Crippen LogP contribution is 2.33. The van der Waals surface area contributed by atoms with Crippen LogP contribution >= 0.6 is 0 Å². The lowest BCUT2D eigenvalue weighted by atomic mass is 10.0. The summed E-state index contributed by atoms with van der Waals surface area (Å²) >= 11 is 0. The number of para-hydroxylation sites is 1. The molecule has 2 rings (SSSR count). The monoisotopic (exact) mass is 285 g/mol. The topological polar surface area (TPSA) is 47.0 Å². The van der Waals surface area contributed by atoms with Crippen molar-refractivity contribution in [3.8, 4) is 17.0 Å². The zero-order valence-corrected chi connectivity index (χ0v) is 13.0. The smallest absolute Gasteiger partial charge is 0.133 e. The van der Waals surface area contributed by atoms with Gasteiger partial charge in [-0.15, -0.1) is 0 Å². The fourth-order valence-corrected chi connectivity index (χ4v) is 2.32. The molecule has 0 unspecified atom stereocenters. The molecule has 1 aromatic carbocycles. The van der Waals surface area contributed by atoms with Crippen LogP contribution in [0.3, 0.4) is 0 Å². The fraction of sp³-hybridized carbons (Fsp3) is 0.412. The van der Waals surface area contributed by atoms with E-state index in [1.165, 1.54) is 0 Å². The summed E-state index contributed by atoms with van der Waals surface area (Å²) in [6.07, 6.45) is 3.57. The Balaban J connectivity index is 2.48. The summed E-state index contributed by atoms with van der Waals surface area (Å²) in [5.74, 6) is 1.80. The van der Waals surface area contributed by atoms with Gasteiger partial charge in [-0.1, -0.05) is 26.0 Å². The predicted octanol–water partition coefficient (Wildman–Crippen LogP) is 3.93. The summed E-state index contributed by atoms with van der Waals surface area (Å²) in [5, 5.41) is 3.38. The molecular formula is C17H23N3O.